The molecule has 0 aliphatic rings. The number of carbonyl (C=O) groups excluding carboxylic acids is 1. The number of benzene rings is 1. The van der Waals surface area contributed by atoms with E-state index >= 15 is 0 Å². The second kappa shape index (κ2) is 6.66. The number of hydrogen-bond acceptors (Lipinski definition) is 3. The summed E-state index contributed by atoms with van der Waals surface area (Å²) in [5, 5.41) is 12.7. The number of aromatic nitrogens is 1. The Balaban J connectivity index is 1.79. The summed E-state index contributed by atoms with van der Waals surface area (Å²) < 4.78 is 0. The monoisotopic (exact) mass is 256 g/mol. The minimum absolute atomic E-state index is 0.173. The summed E-state index contributed by atoms with van der Waals surface area (Å²) in [7, 11) is 0. The first kappa shape index (κ1) is 13.2. The number of pyridine rings is 1. The van der Waals surface area contributed by atoms with Crippen LogP contribution in [0.1, 0.15) is 28.4 Å². The zero-order valence-electron chi connectivity index (χ0n) is 10.5. The third kappa shape index (κ3) is 3.89. The highest BCUT2D eigenvalue weighted by molar-refractivity contribution is 5.93. The fraction of sp³-hybridized carbons (Fsp3) is 0.200. The van der Waals surface area contributed by atoms with Crippen LogP contribution in [-0.2, 0) is 0 Å². The lowest BCUT2D eigenvalue weighted by Gasteiger charge is -2.11. The molecule has 0 radical (unpaired) electrons. The Labute approximate surface area is 112 Å². The average molecular weight is 256 g/mol. The minimum Gasteiger partial charge on any atom is -0.388 e. The van der Waals surface area contributed by atoms with E-state index in [1.54, 1.807) is 18.3 Å². The largest absolute Gasteiger partial charge is 0.388 e. The average Bonchev–Trinajstić information content (AvgIpc) is 2.49. The van der Waals surface area contributed by atoms with Gasteiger partial charge in [0.05, 0.1) is 11.7 Å². The summed E-state index contributed by atoms with van der Waals surface area (Å²) >= 11 is 0. The fourth-order valence-electron chi connectivity index (χ4n) is 1.76. The van der Waals surface area contributed by atoms with Gasteiger partial charge in [-0.2, -0.15) is 0 Å². The molecule has 1 aromatic carbocycles. The molecule has 1 heterocycles. The van der Waals surface area contributed by atoms with Gasteiger partial charge >= 0.3 is 0 Å². The Hall–Kier alpha value is -2.20. The summed E-state index contributed by atoms with van der Waals surface area (Å²) in [6.07, 6.45) is 3.06. The number of carbonyl (C=O) groups is 1. The number of hydrogen-bond donors (Lipinski definition) is 2. The summed E-state index contributed by atoms with van der Waals surface area (Å²) in [5.41, 5.74) is 1.38. The first-order chi connectivity index (χ1) is 9.27. The van der Waals surface area contributed by atoms with Crippen LogP contribution in [0.3, 0.4) is 0 Å². The van der Waals surface area contributed by atoms with Gasteiger partial charge < -0.3 is 10.4 Å². The maximum atomic E-state index is 11.7. The molecule has 1 aromatic heterocycles. The Morgan fingerprint density at radius 3 is 2.68 bits per heavy atom. The molecule has 1 amide bonds. The lowest BCUT2D eigenvalue weighted by Crippen LogP contribution is -2.25. The number of rotatable bonds is 5. The molecule has 0 saturated heterocycles. The van der Waals surface area contributed by atoms with Crippen LogP contribution in [0.15, 0.2) is 54.9 Å². The van der Waals surface area contributed by atoms with Crippen LogP contribution in [0.25, 0.3) is 0 Å². The summed E-state index contributed by atoms with van der Waals surface area (Å²) in [5.74, 6) is -0.173. The molecule has 2 rings (SSSR count). The van der Waals surface area contributed by atoms with Gasteiger partial charge in [0.2, 0.25) is 0 Å². The summed E-state index contributed by atoms with van der Waals surface area (Å²) in [6, 6.07) is 12.8. The second-order valence-corrected chi connectivity index (χ2v) is 4.21. The summed E-state index contributed by atoms with van der Waals surface area (Å²) in [6.45, 7) is 0.420. The van der Waals surface area contributed by atoms with E-state index < -0.39 is 6.10 Å². The number of nitrogens with zero attached hydrogens (tertiary/aromatic N) is 1. The third-order valence-corrected chi connectivity index (χ3v) is 2.81. The molecule has 0 bridgehead atoms. The Morgan fingerprint density at radius 2 is 2.00 bits per heavy atom. The van der Waals surface area contributed by atoms with Gasteiger partial charge in [-0.3, -0.25) is 9.78 Å². The van der Waals surface area contributed by atoms with Crippen LogP contribution in [0.4, 0.5) is 0 Å². The van der Waals surface area contributed by atoms with Crippen molar-refractivity contribution in [3.05, 3.63) is 66.0 Å². The molecule has 0 aliphatic carbocycles. The molecule has 0 spiro atoms. The van der Waals surface area contributed by atoms with Crippen LogP contribution in [0.5, 0.6) is 0 Å². The van der Waals surface area contributed by atoms with E-state index in [0.717, 1.165) is 5.56 Å². The molecular weight excluding hydrogens is 240 g/mol. The predicted octanol–water partition coefficient (Wildman–Crippen LogP) is 1.94. The van der Waals surface area contributed by atoms with E-state index in [2.05, 4.69) is 10.3 Å². The fourth-order valence-corrected chi connectivity index (χ4v) is 1.76. The van der Waals surface area contributed by atoms with E-state index in [-0.39, 0.29) is 5.91 Å². The first-order valence-electron chi connectivity index (χ1n) is 6.18. The minimum atomic E-state index is -0.560. The molecule has 2 aromatic rings. The second-order valence-electron chi connectivity index (χ2n) is 4.21. The van der Waals surface area contributed by atoms with Crippen molar-refractivity contribution in [3.8, 4) is 0 Å². The van der Waals surface area contributed by atoms with Crippen molar-refractivity contribution in [2.45, 2.75) is 12.5 Å². The van der Waals surface area contributed by atoms with E-state index in [1.165, 1.54) is 6.20 Å². The highest BCUT2D eigenvalue weighted by Crippen LogP contribution is 2.14. The molecule has 4 nitrogen and oxygen atoms in total. The molecule has 19 heavy (non-hydrogen) atoms. The Morgan fingerprint density at radius 1 is 1.21 bits per heavy atom. The molecule has 0 aliphatic heterocycles. The quantitative estimate of drug-likeness (QED) is 0.859. The van der Waals surface area contributed by atoms with E-state index in [1.807, 2.05) is 30.3 Å². The SMILES string of the molecule is O=C(NCCC(O)c1ccccc1)c1cccnc1. The van der Waals surface area contributed by atoms with Crippen LogP contribution < -0.4 is 5.32 Å². The van der Waals surface area contributed by atoms with Crippen molar-refractivity contribution < 1.29 is 9.90 Å². The topological polar surface area (TPSA) is 62.2 Å². The summed E-state index contributed by atoms with van der Waals surface area (Å²) in [4.78, 5) is 15.6. The van der Waals surface area contributed by atoms with Crippen LogP contribution >= 0.6 is 0 Å². The van der Waals surface area contributed by atoms with Crippen LogP contribution in [0.2, 0.25) is 0 Å². The van der Waals surface area contributed by atoms with Crippen molar-refractivity contribution >= 4 is 5.91 Å². The molecule has 1 unspecified atom stereocenters. The number of aliphatic hydroxyl groups is 1. The number of amides is 1. The van der Waals surface area contributed by atoms with E-state index in [4.69, 9.17) is 0 Å². The van der Waals surface area contributed by atoms with Crippen molar-refractivity contribution in [2.75, 3.05) is 6.54 Å². The maximum absolute atomic E-state index is 11.7. The molecule has 1 atom stereocenters. The van der Waals surface area contributed by atoms with Gasteiger partial charge in [0.25, 0.3) is 5.91 Å². The molecule has 4 heteroatoms. The number of aliphatic hydroxyl groups excluding tert-OH is 1. The van der Waals surface area contributed by atoms with Crippen LogP contribution in [0, 0.1) is 0 Å². The predicted molar refractivity (Wildman–Crippen MR) is 72.6 cm³/mol. The van der Waals surface area contributed by atoms with Gasteiger partial charge in [-0.1, -0.05) is 30.3 Å². The van der Waals surface area contributed by atoms with Crippen molar-refractivity contribution in [1.82, 2.24) is 10.3 Å². The molecule has 0 fully saturated rings. The molecule has 2 N–H and O–H groups in total. The van der Waals surface area contributed by atoms with Gasteiger partial charge in [-0.25, -0.2) is 0 Å². The van der Waals surface area contributed by atoms with Crippen molar-refractivity contribution in [3.63, 3.8) is 0 Å². The molecule has 0 saturated carbocycles. The third-order valence-electron chi connectivity index (χ3n) is 2.81. The van der Waals surface area contributed by atoms with Crippen molar-refractivity contribution in [2.24, 2.45) is 0 Å². The van der Waals surface area contributed by atoms with Crippen molar-refractivity contribution in [1.29, 1.82) is 0 Å². The zero-order chi connectivity index (χ0) is 13.5. The highest BCUT2D eigenvalue weighted by Gasteiger charge is 2.08. The van der Waals surface area contributed by atoms with Gasteiger partial charge in [-0.05, 0) is 24.1 Å². The normalized spacial score (nSPS) is 11.8. The molecular formula is C15H16N2O2. The van der Waals surface area contributed by atoms with Gasteiger partial charge in [0.15, 0.2) is 0 Å². The first-order valence-corrected chi connectivity index (χ1v) is 6.18. The molecule has 98 valence electrons. The lowest BCUT2D eigenvalue weighted by atomic mass is 10.1. The lowest BCUT2D eigenvalue weighted by molar-refractivity contribution is 0.0942. The standard InChI is InChI=1S/C15H16N2O2/c18-14(12-5-2-1-3-6-12)8-10-17-15(19)13-7-4-9-16-11-13/h1-7,9,11,14,18H,8,10H2,(H,17,19). The smallest absolute Gasteiger partial charge is 0.252 e. The zero-order valence-corrected chi connectivity index (χ0v) is 10.5. The van der Waals surface area contributed by atoms with E-state index in [9.17, 15) is 9.90 Å². The Bertz CT molecular complexity index is 514. The Kier molecular flexibility index (Phi) is 4.64. The highest BCUT2D eigenvalue weighted by atomic mass is 16.3. The maximum Gasteiger partial charge on any atom is 0.252 e. The van der Waals surface area contributed by atoms with E-state index in [0.29, 0.717) is 18.5 Å². The van der Waals surface area contributed by atoms with Gasteiger partial charge in [0.1, 0.15) is 0 Å². The van der Waals surface area contributed by atoms with Gasteiger partial charge in [-0.15, -0.1) is 0 Å². The number of nitrogens with one attached hydrogen (secondary N) is 1. The van der Waals surface area contributed by atoms with Crippen LogP contribution in [-0.4, -0.2) is 22.5 Å². The van der Waals surface area contributed by atoms with Gasteiger partial charge in [0, 0.05) is 18.9 Å².